The predicted molar refractivity (Wildman–Crippen MR) is 98.1 cm³/mol. The second-order valence-corrected chi connectivity index (χ2v) is 8.28. The van der Waals surface area contributed by atoms with E-state index in [-0.39, 0.29) is 29.5 Å². The normalized spacial score (nSPS) is 13.7. The number of aryl methyl sites for hydroxylation is 1. The lowest BCUT2D eigenvalue weighted by atomic mass is 10.1. The van der Waals surface area contributed by atoms with Gasteiger partial charge >= 0.3 is 18.3 Å². The molecule has 2 aromatic heterocycles. The van der Waals surface area contributed by atoms with E-state index in [0.29, 0.717) is 12.1 Å². The maximum Gasteiger partial charge on any atom is 0.458 e. The SMILES string of the molecule is CCc1c(-c2nc3cc(C(F)(F)C(F)(F)F)ccc3n2C)ncc(C(F)(F)F)c1S(=O)(=O)O. The highest BCUT2D eigenvalue weighted by Gasteiger charge is 2.58. The third-order valence-corrected chi connectivity index (χ3v) is 5.84. The number of benzene rings is 1. The molecule has 0 atom stereocenters. The Morgan fingerprint density at radius 3 is 2.15 bits per heavy atom. The summed E-state index contributed by atoms with van der Waals surface area (Å²) < 4.78 is 140. The molecule has 1 aromatic carbocycles. The fourth-order valence-electron chi connectivity index (χ4n) is 3.32. The van der Waals surface area contributed by atoms with Crippen LogP contribution in [0.1, 0.15) is 23.6 Å². The molecule has 0 fully saturated rings. The van der Waals surface area contributed by atoms with Crippen molar-refractivity contribution in [3.8, 4) is 11.5 Å². The van der Waals surface area contributed by atoms with Crippen LogP contribution < -0.4 is 0 Å². The predicted octanol–water partition coefficient (Wildman–Crippen LogP) is 5.12. The molecule has 0 amide bonds. The monoisotopic (exact) mass is 503 g/mol. The van der Waals surface area contributed by atoms with E-state index in [4.69, 9.17) is 0 Å². The molecule has 0 bridgehead atoms. The van der Waals surface area contributed by atoms with Gasteiger partial charge in [-0.3, -0.25) is 9.54 Å². The smallest absolute Gasteiger partial charge is 0.326 e. The van der Waals surface area contributed by atoms with Crippen molar-refractivity contribution in [2.24, 2.45) is 7.05 Å². The molecule has 1 N–H and O–H groups in total. The molecule has 3 aromatic rings. The molecule has 0 radical (unpaired) electrons. The largest absolute Gasteiger partial charge is 0.458 e. The van der Waals surface area contributed by atoms with Gasteiger partial charge in [-0.1, -0.05) is 13.0 Å². The van der Waals surface area contributed by atoms with Crippen molar-refractivity contribution in [3.05, 3.63) is 41.1 Å². The lowest BCUT2D eigenvalue weighted by Crippen LogP contribution is -2.33. The van der Waals surface area contributed by atoms with Crippen LogP contribution in [0.3, 0.4) is 0 Å². The van der Waals surface area contributed by atoms with Crippen molar-refractivity contribution in [3.63, 3.8) is 0 Å². The van der Waals surface area contributed by atoms with Crippen LogP contribution in [-0.2, 0) is 35.7 Å². The number of hydrogen-bond donors (Lipinski definition) is 1. The van der Waals surface area contributed by atoms with Crippen LogP contribution in [0, 0.1) is 0 Å². The Morgan fingerprint density at radius 1 is 1.06 bits per heavy atom. The summed E-state index contributed by atoms with van der Waals surface area (Å²) in [6.07, 6.45) is -11.3. The average Bonchev–Trinajstić information content (AvgIpc) is 3.00. The second-order valence-electron chi connectivity index (χ2n) is 6.92. The highest BCUT2D eigenvalue weighted by molar-refractivity contribution is 7.86. The van der Waals surface area contributed by atoms with Crippen molar-refractivity contribution in [2.45, 2.75) is 36.5 Å². The Balaban J connectivity index is 2.33. The van der Waals surface area contributed by atoms with Gasteiger partial charge in [-0.15, -0.1) is 0 Å². The van der Waals surface area contributed by atoms with E-state index in [0.717, 1.165) is 10.6 Å². The van der Waals surface area contributed by atoms with Gasteiger partial charge in [-0.2, -0.15) is 43.5 Å². The summed E-state index contributed by atoms with van der Waals surface area (Å²) in [5.41, 5.74) is -4.49. The molecule has 0 saturated carbocycles. The summed E-state index contributed by atoms with van der Waals surface area (Å²) in [6.45, 7) is 1.28. The number of nitrogens with zero attached hydrogens (tertiary/aromatic N) is 3. The van der Waals surface area contributed by atoms with Gasteiger partial charge in [-0.25, -0.2) is 4.98 Å². The Morgan fingerprint density at radius 2 is 1.67 bits per heavy atom. The van der Waals surface area contributed by atoms with Crippen LogP contribution in [0.2, 0.25) is 0 Å². The van der Waals surface area contributed by atoms with Crippen molar-refractivity contribution in [1.29, 1.82) is 0 Å². The minimum absolute atomic E-state index is 0.0175. The van der Waals surface area contributed by atoms with E-state index in [1.165, 1.54) is 14.0 Å². The third kappa shape index (κ3) is 4.14. The second kappa shape index (κ2) is 7.62. The molecule has 180 valence electrons. The Labute approximate surface area is 180 Å². The fourth-order valence-corrected chi connectivity index (χ4v) is 4.32. The van der Waals surface area contributed by atoms with Crippen molar-refractivity contribution >= 4 is 21.2 Å². The van der Waals surface area contributed by atoms with Gasteiger partial charge in [0.05, 0.1) is 16.6 Å². The average molecular weight is 503 g/mol. The molecule has 2 heterocycles. The van der Waals surface area contributed by atoms with Crippen molar-refractivity contribution < 1.29 is 48.1 Å². The summed E-state index contributed by atoms with van der Waals surface area (Å²) >= 11 is 0. The minimum atomic E-state index is -5.88. The van der Waals surface area contributed by atoms with Gasteiger partial charge in [0.25, 0.3) is 10.1 Å². The van der Waals surface area contributed by atoms with Crippen LogP contribution in [0.5, 0.6) is 0 Å². The van der Waals surface area contributed by atoms with E-state index >= 15 is 0 Å². The molecule has 0 aliphatic heterocycles. The number of fused-ring (bicyclic) bond motifs is 1. The highest BCUT2D eigenvalue weighted by atomic mass is 32.2. The van der Waals surface area contributed by atoms with Gasteiger partial charge in [-0.05, 0) is 18.6 Å². The first-order chi connectivity index (χ1) is 14.9. The zero-order valence-electron chi connectivity index (χ0n) is 16.6. The molecule has 3 rings (SSSR count). The molecule has 0 saturated heterocycles. The summed E-state index contributed by atoms with van der Waals surface area (Å²) in [4.78, 5) is 6.08. The number of pyridine rings is 1. The standard InChI is InChI=1S/C18H13F8N3O3S/c1-3-9-13(27-7-10(17(21,22)23)14(9)33(30,31)32)15-28-11-6-8(4-5-12(11)29(15)2)16(19,20)18(24,25)26/h4-7H,3H2,1-2H3,(H,30,31,32). The van der Waals surface area contributed by atoms with Crippen LogP contribution in [0.25, 0.3) is 22.6 Å². The fraction of sp³-hybridized carbons (Fsp3) is 0.333. The summed E-state index contributed by atoms with van der Waals surface area (Å²) in [7, 11) is -4.12. The molecule has 15 heteroatoms. The third-order valence-electron chi connectivity index (χ3n) is 4.86. The molecule has 0 unspecified atom stereocenters. The number of halogens is 8. The molecule has 0 spiro atoms. The first-order valence-electron chi connectivity index (χ1n) is 8.89. The van der Waals surface area contributed by atoms with Gasteiger partial charge in [0.1, 0.15) is 10.6 Å². The Bertz CT molecular complexity index is 1340. The molecule has 0 aliphatic rings. The van der Waals surface area contributed by atoms with Crippen LogP contribution in [-0.4, -0.2) is 33.7 Å². The number of rotatable bonds is 4. The number of imidazole rings is 1. The van der Waals surface area contributed by atoms with Crippen LogP contribution in [0.4, 0.5) is 35.1 Å². The lowest BCUT2D eigenvalue weighted by molar-refractivity contribution is -0.289. The molecule has 0 aliphatic carbocycles. The maximum absolute atomic E-state index is 13.7. The Kier molecular flexibility index (Phi) is 5.73. The van der Waals surface area contributed by atoms with Crippen molar-refractivity contribution in [1.82, 2.24) is 14.5 Å². The quantitative estimate of drug-likeness (QED) is 0.395. The van der Waals surface area contributed by atoms with E-state index in [1.54, 1.807) is 0 Å². The number of alkyl halides is 8. The number of aromatic nitrogens is 3. The molecular formula is C18H13F8N3O3S. The summed E-state index contributed by atoms with van der Waals surface area (Å²) in [6, 6.07) is 1.89. The van der Waals surface area contributed by atoms with Crippen LogP contribution in [0.15, 0.2) is 29.3 Å². The summed E-state index contributed by atoms with van der Waals surface area (Å²) in [5, 5.41) is 0. The van der Waals surface area contributed by atoms with E-state index in [2.05, 4.69) is 9.97 Å². The van der Waals surface area contributed by atoms with E-state index in [9.17, 15) is 48.1 Å². The van der Waals surface area contributed by atoms with Gasteiger partial charge < -0.3 is 4.57 Å². The first-order valence-corrected chi connectivity index (χ1v) is 10.3. The van der Waals surface area contributed by atoms with E-state index in [1.807, 2.05) is 0 Å². The molecule has 33 heavy (non-hydrogen) atoms. The first kappa shape index (κ1) is 24.8. The zero-order valence-corrected chi connectivity index (χ0v) is 17.4. The van der Waals surface area contributed by atoms with E-state index < -0.39 is 55.7 Å². The lowest BCUT2D eigenvalue weighted by Gasteiger charge is -2.19. The topological polar surface area (TPSA) is 85.1 Å². The minimum Gasteiger partial charge on any atom is -0.326 e. The van der Waals surface area contributed by atoms with Gasteiger partial charge in [0.15, 0.2) is 5.82 Å². The maximum atomic E-state index is 13.7. The molecular weight excluding hydrogens is 490 g/mol. The Hall–Kier alpha value is -2.81. The summed E-state index contributed by atoms with van der Waals surface area (Å²) in [5.74, 6) is -5.51. The zero-order chi connectivity index (χ0) is 25.1. The van der Waals surface area contributed by atoms with Gasteiger partial charge in [0.2, 0.25) is 0 Å². The number of hydrogen-bond acceptors (Lipinski definition) is 4. The van der Waals surface area contributed by atoms with Crippen LogP contribution >= 0.6 is 0 Å². The van der Waals surface area contributed by atoms with Crippen molar-refractivity contribution in [2.75, 3.05) is 0 Å². The van der Waals surface area contributed by atoms with Gasteiger partial charge in [0, 0.05) is 24.4 Å². The molecule has 6 nitrogen and oxygen atoms in total. The highest BCUT2D eigenvalue weighted by Crippen LogP contribution is 2.45.